The number of nitrogens with one attached hydrogen (secondary N) is 1. The molecular weight excluding hydrogens is 338 g/mol. The largest absolute Gasteiger partial charge is 0.497 e. The van der Waals surface area contributed by atoms with Gasteiger partial charge in [0.15, 0.2) is 5.13 Å². The van der Waals surface area contributed by atoms with Gasteiger partial charge in [0.25, 0.3) is 0 Å². The summed E-state index contributed by atoms with van der Waals surface area (Å²) in [5.74, 6) is 0.784. The Hall–Kier alpha value is -1.79. The van der Waals surface area contributed by atoms with Crippen LogP contribution in [-0.2, 0) is 0 Å². The fourth-order valence-electron chi connectivity index (χ4n) is 1.87. The molecule has 6 heteroatoms. The Morgan fingerprint density at radius 1 is 1.25 bits per heavy atom. The van der Waals surface area contributed by atoms with Gasteiger partial charge in [-0.2, -0.15) is 0 Å². The van der Waals surface area contributed by atoms with Gasteiger partial charge in [-0.3, -0.25) is 0 Å². The van der Waals surface area contributed by atoms with Crippen molar-refractivity contribution in [1.82, 2.24) is 4.98 Å². The van der Waals surface area contributed by atoms with E-state index in [2.05, 4.69) is 26.2 Å². The number of nitrogens with zero attached hydrogens (tertiary/aromatic N) is 1. The predicted octanol–water partition coefficient (Wildman–Crippen LogP) is 4.39. The average molecular weight is 350 g/mol. The highest BCUT2D eigenvalue weighted by Gasteiger charge is 2.06. The summed E-state index contributed by atoms with van der Waals surface area (Å²) >= 11 is 5.03. The van der Waals surface area contributed by atoms with Crippen molar-refractivity contribution < 1.29 is 4.74 Å². The van der Waals surface area contributed by atoms with Crippen LogP contribution in [0.2, 0.25) is 0 Å². The molecule has 0 aliphatic heterocycles. The maximum atomic E-state index is 5.78. The number of ether oxygens (including phenoxy) is 1. The molecule has 0 saturated heterocycles. The molecule has 0 radical (unpaired) electrons. The lowest BCUT2D eigenvalue weighted by atomic mass is 10.3. The molecule has 2 aromatic carbocycles. The minimum atomic E-state index is 0.747. The number of hydrogen-bond acceptors (Lipinski definition) is 5. The second kappa shape index (κ2) is 5.30. The lowest BCUT2D eigenvalue weighted by Crippen LogP contribution is -1.91. The number of thiazole rings is 1. The van der Waals surface area contributed by atoms with Crippen molar-refractivity contribution >= 4 is 54.0 Å². The van der Waals surface area contributed by atoms with Crippen molar-refractivity contribution in [3.05, 3.63) is 40.9 Å². The van der Waals surface area contributed by atoms with Gasteiger partial charge in [-0.15, -0.1) is 0 Å². The van der Waals surface area contributed by atoms with Crippen molar-refractivity contribution in [2.75, 3.05) is 18.2 Å². The molecule has 0 atom stereocenters. The van der Waals surface area contributed by atoms with E-state index in [1.807, 2.05) is 36.4 Å². The van der Waals surface area contributed by atoms with Crippen LogP contribution in [0.4, 0.5) is 16.5 Å². The minimum Gasteiger partial charge on any atom is -0.497 e. The fourth-order valence-corrected chi connectivity index (χ4v) is 3.28. The Morgan fingerprint density at radius 3 is 2.90 bits per heavy atom. The molecule has 3 rings (SSSR count). The van der Waals surface area contributed by atoms with Crippen LogP contribution in [0.5, 0.6) is 5.75 Å². The highest BCUT2D eigenvalue weighted by Crippen LogP contribution is 2.32. The molecule has 0 spiro atoms. The number of aromatic nitrogens is 1. The molecular formula is C14H12BrN3OS. The smallest absolute Gasteiger partial charge is 0.188 e. The van der Waals surface area contributed by atoms with E-state index in [1.54, 1.807) is 18.4 Å². The van der Waals surface area contributed by atoms with E-state index < -0.39 is 0 Å². The summed E-state index contributed by atoms with van der Waals surface area (Å²) in [7, 11) is 1.64. The number of rotatable bonds is 3. The Labute approximate surface area is 128 Å². The Kier molecular flexibility index (Phi) is 3.50. The molecule has 102 valence electrons. The van der Waals surface area contributed by atoms with Gasteiger partial charge in [-0.25, -0.2) is 4.98 Å². The third-order valence-electron chi connectivity index (χ3n) is 2.77. The SMILES string of the molecule is COc1cc(Br)cc(Nc2nc3ccc(N)cc3s2)c1. The van der Waals surface area contributed by atoms with Crippen LogP contribution in [0.1, 0.15) is 0 Å². The Morgan fingerprint density at radius 2 is 2.10 bits per heavy atom. The zero-order valence-electron chi connectivity index (χ0n) is 10.7. The second-order valence-electron chi connectivity index (χ2n) is 4.25. The Balaban J connectivity index is 1.94. The summed E-state index contributed by atoms with van der Waals surface area (Å²) in [5, 5.41) is 4.11. The first-order chi connectivity index (χ1) is 9.64. The van der Waals surface area contributed by atoms with Crippen molar-refractivity contribution in [2.45, 2.75) is 0 Å². The van der Waals surface area contributed by atoms with Crippen LogP contribution < -0.4 is 15.8 Å². The molecule has 20 heavy (non-hydrogen) atoms. The number of methoxy groups -OCH3 is 1. The van der Waals surface area contributed by atoms with Crippen LogP contribution in [0.3, 0.4) is 0 Å². The molecule has 0 saturated carbocycles. The molecule has 0 bridgehead atoms. The third-order valence-corrected chi connectivity index (χ3v) is 4.16. The zero-order valence-corrected chi connectivity index (χ0v) is 13.1. The highest BCUT2D eigenvalue weighted by atomic mass is 79.9. The van der Waals surface area contributed by atoms with Crippen LogP contribution in [0, 0.1) is 0 Å². The molecule has 3 aromatic rings. The van der Waals surface area contributed by atoms with Gasteiger partial charge in [0, 0.05) is 21.9 Å². The number of benzene rings is 2. The maximum absolute atomic E-state index is 5.78. The predicted molar refractivity (Wildman–Crippen MR) is 88.0 cm³/mol. The summed E-state index contributed by atoms with van der Waals surface area (Å²) < 4.78 is 7.26. The second-order valence-corrected chi connectivity index (χ2v) is 6.20. The molecule has 1 heterocycles. The van der Waals surface area contributed by atoms with E-state index in [0.29, 0.717) is 0 Å². The van der Waals surface area contributed by atoms with Gasteiger partial charge in [-0.1, -0.05) is 27.3 Å². The summed E-state index contributed by atoms with van der Waals surface area (Å²) in [6, 6.07) is 11.5. The van der Waals surface area contributed by atoms with Gasteiger partial charge < -0.3 is 15.8 Å². The number of halogens is 1. The number of hydrogen-bond donors (Lipinski definition) is 2. The van der Waals surface area contributed by atoms with Crippen molar-refractivity contribution in [3.8, 4) is 5.75 Å². The topological polar surface area (TPSA) is 60.2 Å². The van der Waals surface area contributed by atoms with Gasteiger partial charge >= 0.3 is 0 Å². The van der Waals surface area contributed by atoms with Crippen LogP contribution in [-0.4, -0.2) is 12.1 Å². The fraction of sp³-hybridized carbons (Fsp3) is 0.0714. The maximum Gasteiger partial charge on any atom is 0.188 e. The summed E-state index contributed by atoms with van der Waals surface area (Å²) in [6.45, 7) is 0. The average Bonchev–Trinajstić information content (AvgIpc) is 2.79. The lowest BCUT2D eigenvalue weighted by molar-refractivity contribution is 0.415. The van der Waals surface area contributed by atoms with E-state index in [-0.39, 0.29) is 0 Å². The summed E-state index contributed by atoms with van der Waals surface area (Å²) in [5.41, 5.74) is 8.38. The van der Waals surface area contributed by atoms with E-state index in [4.69, 9.17) is 10.5 Å². The molecule has 4 nitrogen and oxygen atoms in total. The monoisotopic (exact) mass is 349 g/mol. The normalized spacial score (nSPS) is 10.7. The standard InChI is InChI=1S/C14H12BrN3OS/c1-19-11-5-8(15)4-10(7-11)17-14-18-12-3-2-9(16)6-13(12)20-14/h2-7H,16H2,1H3,(H,17,18). The van der Waals surface area contributed by atoms with E-state index in [0.717, 1.165) is 36.9 Å². The van der Waals surface area contributed by atoms with Crippen LogP contribution >= 0.6 is 27.3 Å². The minimum absolute atomic E-state index is 0.747. The van der Waals surface area contributed by atoms with Gasteiger partial charge in [0.05, 0.1) is 17.3 Å². The van der Waals surface area contributed by atoms with Gasteiger partial charge in [-0.05, 0) is 30.3 Å². The summed E-state index contributed by atoms with van der Waals surface area (Å²) in [6.07, 6.45) is 0. The number of nitrogens with two attached hydrogens (primary N) is 1. The number of fused-ring (bicyclic) bond motifs is 1. The lowest BCUT2D eigenvalue weighted by Gasteiger charge is -2.06. The molecule has 1 aromatic heterocycles. The molecule has 0 aliphatic rings. The third kappa shape index (κ3) is 2.71. The molecule has 0 fully saturated rings. The molecule has 0 unspecified atom stereocenters. The van der Waals surface area contributed by atoms with Gasteiger partial charge in [0.1, 0.15) is 5.75 Å². The zero-order chi connectivity index (χ0) is 14.1. The first-order valence-electron chi connectivity index (χ1n) is 5.92. The van der Waals surface area contributed by atoms with E-state index >= 15 is 0 Å². The van der Waals surface area contributed by atoms with Crippen molar-refractivity contribution in [3.63, 3.8) is 0 Å². The highest BCUT2D eigenvalue weighted by molar-refractivity contribution is 9.10. The first kappa shape index (κ1) is 13.2. The Bertz CT molecular complexity index is 772. The quantitative estimate of drug-likeness (QED) is 0.688. The summed E-state index contributed by atoms with van der Waals surface area (Å²) in [4.78, 5) is 4.53. The van der Waals surface area contributed by atoms with Crippen LogP contribution in [0.25, 0.3) is 10.2 Å². The number of nitrogen functional groups attached to an aromatic ring is 1. The van der Waals surface area contributed by atoms with Crippen LogP contribution in [0.15, 0.2) is 40.9 Å². The van der Waals surface area contributed by atoms with E-state index in [1.165, 1.54) is 0 Å². The van der Waals surface area contributed by atoms with Gasteiger partial charge in [0.2, 0.25) is 0 Å². The molecule has 3 N–H and O–H groups in total. The van der Waals surface area contributed by atoms with E-state index in [9.17, 15) is 0 Å². The van der Waals surface area contributed by atoms with Crippen molar-refractivity contribution in [2.24, 2.45) is 0 Å². The number of anilines is 3. The molecule has 0 amide bonds. The molecule has 0 aliphatic carbocycles. The first-order valence-corrected chi connectivity index (χ1v) is 7.53. The van der Waals surface area contributed by atoms with Crippen molar-refractivity contribution in [1.29, 1.82) is 0 Å².